The van der Waals surface area contributed by atoms with Crippen LogP contribution in [0.25, 0.3) is 10.8 Å². The third kappa shape index (κ3) is 3.32. The second kappa shape index (κ2) is 5.19. The van der Waals surface area contributed by atoms with Crippen molar-refractivity contribution in [3.63, 3.8) is 0 Å². The van der Waals surface area contributed by atoms with E-state index >= 15 is 0 Å². The number of pyridine rings is 1. The van der Waals surface area contributed by atoms with E-state index in [4.69, 9.17) is 4.74 Å². The van der Waals surface area contributed by atoms with Gasteiger partial charge in [0.15, 0.2) is 0 Å². The summed E-state index contributed by atoms with van der Waals surface area (Å²) in [6.45, 7) is 7.24. The Bertz CT molecular complexity index is 659. The molecular weight excluding hydrogens is 257 g/mol. The van der Waals surface area contributed by atoms with Crippen molar-refractivity contribution >= 4 is 16.7 Å². The van der Waals surface area contributed by atoms with E-state index in [1.54, 1.807) is 12.3 Å². The molecule has 1 aromatic carbocycles. The van der Waals surface area contributed by atoms with Gasteiger partial charge in [-0.3, -0.25) is 9.78 Å². The molecule has 0 aliphatic heterocycles. The summed E-state index contributed by atoms with van der Waals surface area (Å²) in [6, 6.07) is 4.61. The van der Waals surface area contributed by atoms with Crippen LogP contribution >= 0.6 is 0 Å². The Morgan fingerprint density at radius 3 is 2.65 bits per heavy atom. The molecule has 3 nitrogen and oxygen atoms in total. The van der Waals surface area contributed by atoms with E-state index < -0.39 is 5.60 Å². The summed E-state index contributed by atoms with van der Waals surface area (Å²) >= 11 is 0. The zero-order valence-corrected chi connectivity index (χ0v) is 12.2. The Morgan fingerprint density at radius 2 is 2.00 bits per heavy atom. The van der Waals surface area contributed by atoms with Gasteiger partial charge in [-0.05, 0) is 56.8 Å². The minimum absolute atomic E-state index is 0.0506. The first kappa shape index (κ1) is 14.4. The van der Waals surface area contributed by atoms with Gasteiger partial charge in [-0.25, -0.2) is 4.39 Å². The molecular formula is C16H18FNO2. The Morgan fingerprint density at radius 1 is 1.30 bits per heavy atom. The molecule has 0 spiro atoms. The maximum Gasteiger partial charge on any atom is 0.310 e. The van der Waals surface area contributed by atoms with E-state index in [1.807, 2.05) is 27.7 Å². The number of hydrogen-bond acceptors (Lipinski definition) is 3. The zero-order chi connectivity index (χ0) is 14.9. The Hall–Kier alpha value is -1.97. The van der Waals surface area contributed by atoms with E-state index in [0.29, 0.717) is 5.56 Å². The van der Waals surface area contributed by atoms with Gasteiger partial charge in [-0.15, -0.1) is 0 Å². The van der Waals surface area contributed by atoms with Crippen molar-refractivity contribution in [1.82, 2.24) is 4.98 Å². The van der Waals surface area contributed by atoms with Gasteiger partial charge in [0.1, 0.15) is 11.4 Å². The molecule has 0 saturated heterocycles. The molecule has 106 valence electrons. The van der Waals surface area contributed by atoms with Crippen molar-refractivity contribution in [3.05, 3.63) is 41.5 Å². The summed E-state index contributed by atoms with van der Waals surface area (Å²) in [5.74, 6) is -0.731. The van der Waals surface area contributed by atoms with Gasteiger partial charge in [0.05, 0.1) is 6.42 Å². The van der Waals surface area contributed by atoms with Crippen molar-refractivity contribution in [2.75, 3.05) is 0 Å². The van der Waals surface area contributed by atoms with E-state index in [9.17, 15) is 9.18 Å². The molecule has 0 bridgehead atoms. The largest absolute Gasteiger partial charge is 0.460 e. The summed E-state index contributed by atoms with van der Waals surface area (Å²) in [4.78, 5) is 16.1. The van der Waals surface area contributed by atoms with Crippen LogP contribution in [0.1, 0.15) is 32.0 Å². The van der Waals surface area contributed by atoms with Crippen molar-refractivity contribution in [2.24, 2.45) is 0 Å². The number of halogens is 1. The normalized spacial score (nSPS) is 11.7. The summed E-state index contributed by atoms with van der Waals surface area (Å²) in [5, 5.41) is 1.57. The second-order valence-corrected chi connectivity index (χ2v) is 5.82. The molecule has 0 N–H and O–H groups in total. The van der Waals surface area contributed by atoms with Gasteiger partial charge in [0.2, 0.25) is 0 Å². The van der Waals surface area contributed by atoms with Crippen LogP contribution in [-0.2, 0) is 16.0 Å². The van der Waals surface area contributed by atoms with Gasteiger partial charge < -0.3 is 4.74 Å². The number of hydrogen-bond donors (Lipinski definition) is 0. The fraction of sp³-hybridized carbons (Fsp3) is 0.375. The van der Waals surface area contributed by atoms with Crippen LogP contribution in [0.15, 0.2) is 24.4 Å². The smallest absolute Gasteiger partial charge is 0.310 e. The fourth-order valence-corrected chi connectivity index (χ4v) is 2.14. The maximum atomic E-state index is 13.7. The number of benzene rings is 1. The first-order chi connectivity index (χ1) is 9.26. The molecule has 2 aromatic rings. The number of aryl methyl sites for hydroxylation is 1. The van der Waals surface area contributed by atoms with E-state index in [0.717, 1.165) is 16.5 Å². The van der Waals surface area contributed by atoms with E-state index in [2.05, 4.69) is 4.98 Å². The number of nitrogens with zero attached hydrogens (tertiary/aromatic N) is 1. The highest BCUT2D eigenvalue weighted by Crippen LogP contribution is 2.23. The van der Waals surface area contributed by atoms with Crippen molar-refractivity contribution in [2.45, 2.75) is 39.7 Å². The van der Waals surface area contributed by atoms with Crippen LogP contribution < -0.4 is 0 Å². The fourth-order valence-electron chi connectivity index (χ4n) is 2.14. The van der Waals surface area contributed by atoms with Crippen LogP contribution in [0.2, 0.25) is 0 Å². The molecule has 0 aliphatic carbocycles. The van der Waals surface area contributed by atoms with Crippen molar-refractivity contribution in [1.29, 1.82) is 0 Å². The number of carbonyl (C=O) groups excluding carboxylic acids is 1. The number of aromatic nitrogens is 1. The van der Waals surface area contributed by atoms with Crippen LogP contribution in [0.5, 0.6) is 0 Å². The average molecular weight is 275 g/mol. The molecule has 20 heavy (non-hydrogen) atoms. The number of carbonyl (C=O) groups is 1. The molecule has 0 radical (unpaired) electrons. The molecule has 0 amide bonds. The van der Waals surface area contributed by atoms with Gasteiger partial charge in [0.25, 0.3) is 0 Å². The molecule has 2 rings (SSSR count). The highest BCUT2D eigenvalue weighted by atomic mass is 19.1. The van der Waals surface area contributed by atoms with Gasteiger partial charge >= 0.3 is 5.97 Å². The second-order valence-electron chi connectivity index (χ2n) is 5.82. The number of ether oxygens (including phenoxy) is 1. The SMILES string of the molecule is Cc1nccc2c(CC(=O)OC(C)(C)C)cc(F)cc12. The minimum Gasteiger partial charge on any atom is -0.460 e. The number of rotatable bonds is 2. The van der Waals surface area contributed by atoms with Gasteiger partial charge in [0, 0.05) is 17.3 Å². The minimum atomic E-state index is -0.544. The first-order valence-corrected chi connectivity index (χ1v) is 6.52. The summed E-state index contributed by atoms with van der Waals surface area (Å²) in [5.41, 5.74) is 0.824. The molecule has 0 atom stereocenters. The lowest BCUT2D eigenvalue weighted by atomic mass is 10.0. The van der Waals surface area contributed by atoms with Crippen LogP contribution in [-0.4, -0.2) is 16.6 Å². The van der Waals surface area contributed by atoms with Crippen LogP contribution in [0.4, 0.5) is 4.39 Å². The lowest BCUT2D eigenvalue weighted by Crippen LogP contribution is -2.25. The van der Waals surface area contributed by atoms with Crippen molar-refractivity contribution in [3.8, 4) is 0 Å². The van der Waals surface area contributed by atoms with Crippen molar-refractivity contribution < 1.29 is 13.9 Å². The zero-order valence-electron chi connectivity index (χ0n) is 12.2. The molecule has 0 saturated carbocycles. The Kier molecular flexibility index (Phi) is 3.75. The standard InChI is InChI=1S/C16H18FNO2/c1-10-14-9-12(17)7-11(13(14)5-6-18-10)8-15(19)20-16(2,3)4/h5-7,9H,8H2,1-4H3. The average Bonchev–Trinajstić information content (AvgIpc) is 2.28. The van der Waals surface area contributed by atoms with Crippen LogP contribution in [0.3, 0.4) is 0 Å². The monoisotopic (exact) mass is 275 g/mol. The first-order valence-electron chi connectivity index (χ1n) is 6.52. The molecule has 0 aliphatic rings. The predicted octanol–water partition coefficient (Wildman–Crippen LogP) is 3.57. The molecule has 1 aromatic heterocycles. The Balaban J connectivity index is 2.40. The van der Waals surface area contributed by atoms with Gasteiger partial charge in [-0.2, -0.15) is 0 Å². The number of fused-ring (bicyclic) bond motifs is 1. The van der Waals surface area contributed by atoms with Crippen LogP contribution in [0, 0.1) is 12.7 Å². The highest BCUT2D eigenvalue weighted by Gasteiger charge is 2.18. The quantitative estimate of drug-likeness (QED) is 0.787. The molecule has 0 unspecified atom stereocenters. The lowest BCUT2D eigenvalue weighted by Gasteiger charge is -2.19. The van der Waals surface area contributed by atoms with E-state index in [-0.39, 0.29) is 18.2 Å². The van der Waals surface area contributed by atoms with Gasteiger partial charge in [-0.1, -0.05) is 0 Å². The third-order valence-corrected chi connectivity index (χ3v) is 2.88. The topological polar surface area (TPSA) is 39.2 Å². The summed E-state index contributed by atoms with van der Waals surface area (Å²) in [7, 11) is 0. The predicted molar refractivity (Wildman–Crippen MR) is 76.0 cm³/mol. The summed E-state index contributed by atoms with van der Waals surface area (Å²) < 4.78 is 19.0. The van der Waals surface area contributed by atoms with E-state index in [1.165, 1.54) is 12.1 Å². The number of esters is 1. The lowest BCUT2D eigenvalue weighted by molar-refractivity contribution is -0.153. The highest BCUT2D eigenvalue weighted by molar-refractivity contribution is 5.90. The maximum absolute atomic E-state index is 13.7. The third-order valence-electron chi connectivity index (χ3n) is 2.88. The summed E-state index contributed by atoms with van der Waals surface area (Å²) in [6.07, 6.45) is 1.71. The molecule has 1 heterocycles. The molecule has 0 fully saturated rings. The molecule has 4 heteroatoms. The Labute approximate surface area is 117 Å².